The smallest absolute Gasteiger partial charge is 0.138 e. The summed E-state index contributed by atoms with van der Waals surface area (Å²) in [6.07, 6.45) is 5.08. The summed E-state index contributed by atoms with van der Waals surface area (Å²) >= 11 is 3.61. The van der Waals surface area contributed by atoms with Gasteiger partial charge in [-0.2, -0.15) is 5.10 Å². The first-order valence-electron chi connectivity index (χ1n) is 5.58. The number of halogens is 1. The highest BCUT2D eigenvalue weighted by Crippen LogP contribution is 2.29. The standard InChI is InChI=1S/C11H20BrN3/c1-4-6-11(3,8-12)7-10-13-9-14-15(10)5-2/h9H,4-8H2,1-3H3. The van der Waals surface area contributed by atoms with E-state index in [1.807, 2.05) is 4.68 Å². The predicted octanol–water partition coefficient (Wildman–Crippen LogP) is 3.04. The maximum absolute atomic E-state index is 4.33. The van der Waals surface area contributed by atoms with Gasteiger partial charge in [-0.05, 0) is 18.8 Å². The summed E-state index contributed by atoms with van der Waals surface area (Å²) in [4.78, 5) is 4.33. The second-order valence-corrected chi connectivity index (χ2v) is 4.92. The average molecular weight is 274 g/mol. The molecule has 1 aromatic rings. The normalized spacial score (nSPS) is 15.2. The van der Waals surface area contributed by atoms with Crippen LogP contribution in [0, 0.1) is 5.41 Å². The van der Waals surface area contributed by atoms with Crippen LogP contribution in [0.2, 0.25) is 0 Å². The van der Waals surface area contributed by atoms with E-state index in [4.69, 9.17) is 0 Å². The summed E-state index contributed by atoms with van der Waals surface area (Å²) in [5.41, 5.74) is 0.300. The Balaban J connectivity index is 2.74. The van der Waals surface area contributed by atoms with E-state index < -0.39 is 0 Å². The summed E-state index contributed by atoms with van der Waals surface area (Å²) in [6, 6.07) is 0. The molecule has 1 atom stereocenters. The van der Waals surface area contributed by atoms with Gasteiger partial charge in [0.05, 0.1) is 0 Å². The number of hydrogen-bond donors (Lipinski definition) is 0. The topological polar surface area (TPSA) is 30.7 Å². The van der Waals surface area contributed by atoms with Crippen LogP contribution in [-0.4, -0.2) is 20.1 Å². The lowest BCUT2D eigenvalue weighted by atomic mass is 9.84. The second kappa shape index (κ2) is 5.64. The minimum absolute atomic E-state index is 0.300. The lowest BCUT2D eigenvalue weighted by Gasteiger charge is -2.26. The third-order valence-electron chi connectivity index (χ3n) is 2.76. The molecule has 0 aromatic carbocycles. The van der Waals surface area contributed by atoms with Crippen molar-refractivity contribution in [1.82, 2.24) is 14.8 Å². The summed E-state index contributed by atoms with van der Waals surface area (Å²) in [7, 11) is 0. The zero-order chi connectivity index (χ0) is 11.3. The summed E-state index contributed by atoms with van der Waals surface area (Å²) in [5.74, 6) is 1.10. The van der Waals surface area contributed by atoms with Crippen molar-refractivity contribution in [3.8, 4) is 0 Å². The Morgan fingerprint density at radius 2 is 2.20 bits per heavy atom. The Hall–Kier alpha value is -0.380. The molecular formula is C11H20BrN3. The molecule has 0 saturated heterocycles. The highest BCUT2D eigenvalue weighted by Gasteiger charge is 2.24. The SMILES string of the molecule is CCCC(C)(CBr)Cc1ncnn1CC. The molecule has 0 aliphatic rings. The molecule has 0 spiro atoms. The molecule has 0 radical (unpaired) electrons. The van der Waals surface area contributed by atoms with Crippen LogP contribution >= 0.6 is 15.9 Å². The van der Waals surface area contributed by atoms with Gasteiger partial charge < -0.3 is 0 Å². The molecule has 0 N–H and O–H groups in total. The van der Waals surface area contributed by atoms with Gasteiger partial charge in [-0.1, -0.05) is 36.2 Å². The van der Waals surface area contributed by atoms with Crippen LogP contribution in [0.5, 0.6) is 0 Å². The van der Waals surface area contributed by atoms with Crippen molar-refractivity contribution in [3.63, 3.8) is 0 Å². The molecule has 1 heterocycles. The van der Waals surface area contributed by atoms with E-state index in [2.05, 4.69) is 46.8 Å². The summed E-state index contributed by atoms with van der Waals surface area (Å²) in [5, 5.41) is 5.22. The van der Waals surface area contributed by atoms with E-state index >= 15 is 0 Å². The maximum atomic E-state index is 4.33. The van der Waals surface area contributed by atoms with Gasteiger partial charge in [-0.3, -0.25) is 4.68 Å². The molecule has 0 amide bonds. The lowest BCUT2D eigenvalue weighted by Crippen LogP contribution is -2.23. The zero-order valence-corrected chi connectivity index (χ0v) is 11.4. The van der Waals surface area contributed by atoms with E-state index in [1.165, 1.54) is 12.8 Å². The first-order chi connectivity index (χ1) is 7.15. The third-order valence-corrected chi connectivity index (χ3v) is 4.11. The Morgan fingerprint density at radius 1 is 1.47 bits per heavy atom. The van der Waals surface area contributed by atoms with Crippen LogP contribution in [0.4, 0.5) is 0 Å². The van der Waals surface area contributed by atoms with Gasteiger partial charge in [0.25, 0.3) is 0 Å². The largest absolute Gasteiger partial charge is 0.250 e. The minimum atomic E-state index is 0.300. The lowest BCUT2D eigenvalue weighted by molar-refractivity contribution is 0.326. The quantitative estimate of drug-likeness (QED) is 0.746. The maximum Gasteiger partial charge on any atom is 0.138 e. The van der Waals surface area contributed by atoms with Crippen molar-refractivity contribution >= 4 is 15.9 Å². The molecule has 0 saturated carbocycles. The van der Waals surface area contributed by atoms with Crippen molar-refractivity contribution in [2.24, 2.45) is 5.41 Å². The average Bonchev–Trinajstić information content (AvgIpc) is 2.65. The fraction of sp³-hybridized carbons (Fsp3) is 0.818. The Bertz CT molecular complexity index is 298. The highest BCUT2D eigenvalue weighted by molar-refractivity contribution is 9.09. The summed E-state index contributed by atoms with van der Waals surface area (Å²) in [6.45, 7) is 7.54. The van der Waals surface area contributed by atoms with Crippen LogP contribution < -0.4 is 0 Å². The number of rotatable bonds is 6. The predicted molar refractivity (Wildman–Crippen MR) is 66.2 cm³/mol. The molecule has 0 aliphatic carbocycles. The van der Waals surface area contributed by atoms with Crippen LogP contribution in [-0.2, 0) is 13.0 Å². The Morgan fingerprint density at radius 3 is 2.73 bits per heavy atom. The first-order valence-corrected chi connectivity index (χ1v) is 6.70. The van der Waals surface area contributed by atoms with Gasteiger partial charge in [0.1, 0.15) is 12.2 Å². The number of nitrogens with zero attached hydrogens (tertiary/aromatic N) is 3. The van der Waals surface area contributed by atoms with Gasteiger partial charge in [0.2, 0.25) is 0 Å². The molecular weight excluding hydrogens is 254 g/mol. The molecule has 1 aromatic heterocycles. The van der Waals surface area contributed by atoms with Crippen LogP contribution in [0.1, 0.15) is 39.4 Å². The molecule has 0 bridgehead atoms. The van der Waals surface area contributed by atoms with Gasteiger partial charge >= 0.3 is 0 Å². The number of alkyl halides is 1. The first kappa shape index (κ1) is 12.7. The van der Waals surface area contributed by atoms with Crippen LogP contribution in [0.3, 0.4) is 0 Å². The van der Waals surface area contributed by atoms with Crippen molar-refractivity contribution in [3.05, 3.63) is 12.2 Å². The fourth-order valence-electron chi connectivity index (χ4n) is 1.88. The van der Waals surface area contributed by atoms with Gasteiger partial charge in [0, 0.05) is 18.3 Å². The molecule has 3 nitrogen and oxygen atoms in total. The van der Waals surface area contributed by atoms with Crippen molar-refractivity contribution < 1.29 is 0 Å². The van der Waals surface area contributed by atoms with Gasteiger partial charge in [-0.15, -0.1) is 0 Å². The number of aryl methyl sites for hydroxylation is 1. The molecule has 4 heteroatoms. The second-order valence-electron chi connectivity index (χ2n) is 4.36. The van der Waals surface area contributed by atoms with E-state index in [9.17, 15) is 0 Å². The van der Waals surface area contributed by atoms with E-state index in [-0.39, 0.29) is 0 Å². The van der Waals surface area contributed by atoms with Crippen LogP contribution in [0.25, 0.3) is 0 Å². The van der Waals surface area contributed by atoms with Crippen molar-refractivity contribution in [1.29, 1.82) is 0 Å². The van der Waals surface area contributed by atoms with Crippen molar-refractivity contribution in [2.75, 3.05) is 5.33 Å². The monoisotopic (exact) mass is 273 g/mol. The molecule has 0 fully saturated rings. The Labute approximate surface area is 100 Å². The van der Waals surface area contributed by atoms with E-state index in [0.717, 1.165) is 24.1 Å². The molecule has 86 valence electrons. The molecule has 0 aliphatic heterocycles. The zero-order valence-electron chi connectivity index (χ0n) is 9.83. The Kier molecular flexibility index (Phi) is 4.77. The van der Waals surface area contributed by atoms with Crippen molar-refractivity contribution in [2.45, 2.75) is 46.6 Å². The molecule has 1 rings (SSSR count). The minimum Gasteiger partial charge on any atom is -0.250 e. The molecule has 15 heavy (non-hydrogen) atoms. The fourth-order valence-corrected chi connectivity index (χ4v) is 2.36. The summed E-state index contributed by atoms with van der Waals surface area (Å²) < 4.78 is 1.98. The van der Waals surface area contributed by atoms with Crippen LogP contribution in [0.15, 0.2) is 6.33 Å². The third kappa shape index (κ3) is 3.30. The van der Waals surface area contributed by atoms with Gasteiger partial charge in [0.15, 0.2) is 0 Å². The number of hydrogen-bond acceptors (Lipinski definition) is 2. The number of aromatic nitrogens is 3. The van der Waals surface area contributed by atoms with Gasteiger partial charge in [-0.25, -0.2) is 4.98 Å². The van der Waals surface area contributed by atoms with E-state index in [1.54, 1.807) is 6.33 Å². The molecule has 1 unspecified atom stereocenters. The van der Waals surface area contributed by atoms with E-state index in [0.29, 0.717) is 5.41 Å². The highest BCUT2D eigenvalue weighted by atomic mass is 79.9.